The number of thiazole rings is 1. The van der Waals surface area contributed by atoms with Gasteiger partial charge in [0.2, 0.25) is 0 Å². The fourth-order valence-corrected chi connectivity index (χ4v) is 2.17. The predicted octanol–water partition coefficient (Wildman–Crippen LogP) is 2.91. The lowest BCUT2D eigenvalue weighted by molar-refractivity contribution is 0.307. The van der Waals surface area contributed by atoms with Crippen molar-refractivity contribution >= 4 is 11.3 Å². The molecule has 0 saturated heterocycles. The molecule has 0 radical (unpaired) electrons. The van der Waals surface area contributed by atoms with Gasteiger partial charge in [0.15, 0.2) is 0 Å². The first-order valence-corrected chi connectivity index (χ1v) is 6.16. The number of nitrogens with zero attached hydrogens (tertiary/aromatic N) is 2. The van der Waals surface area contributed by atoms with Crippen LogP contribution in [0.25, 0.3) is 0 Å². The van der Waals surface area contributed by atoms with Crippen LogP contribution in [0.3, 0.4) is 0 Å². The summed E-state index contributed by atoms with van der Waals surface area (Å²) in [5.74, 6) is 1.24. The molecular formula is C13H12N2O2S. The van der Waals surface area contributed by atoms with Crippen molar-refractivity contribution in [1.82, 2.24) is 4.98 Å². The Kier molecular flexibility index (Phi) is 3.80. The molecule has 0 bridgehead atoms. The molecular weight excluding hydrogens is 248 g/mol. The zero-order valence-corrected chi connectivity index (χ0v) is 11.0. The molecule has 0 amide bonds. The van der Waals surface area contributed by atoms with Gasteiger partial charge in [-0.05, 0) is 19.1 Å². The normalized spacial score (nSPS) is 9.83. The number of hydrogen-bond donors (Lipinski definition) is 0. The molecule has 0 spiro atoms. The number of rotatable bonds is 4. The molecule has 0 aliphatic heterocycles. The van der Waals surface area contributed by atoms with E-state index in [9.17, 15) is 0 Å². The molecule has 0 aliphatic rings. The largest absolute Gasteiger partial charge is 0.497 e. The third kappa shape index (κ3) is 2.99. The van der Waals surface area contributed by atoms with E-state index in [0.717, 1.165) is 9.88 Å². The smallest absolute Gasteiger partial charge is 0.124 e. The highest BCUT2D eigenvalue weighted by Crippen LogP contribution is 2.23. The molecule has 0 saturated carbocycles. The van der Waals surface area contributed by atoms with E-state index in [4.69, 9.17) is 14.7 Å². The molecule has 92 valence electrons. The highest BCUT2D eigenvalue weighted by Gasteiger charge is 2.04. The number of ether oxygens (including phenoxy) is 2. The third-order valence-electron chi connectivity index (χ3n) is 2.30. The maximum atomic E-state index is 8.90. The lowest BCUT2D eigenvalue weighted by atomic mass is 10.2. The monoisotopic (exact) mass is 260 g/mol. The van der Waals surface area contributed by atoms with Crippen LogP contribution < -0.4 is 9.47 Å². The second kappa shape index (κ2) is 5.52. The van der Waals surface area contributed by atoms with Crippen LogP contribution in [0.4, 0.5) is 0 Å². The van der Waals surface area contributed by atoms with Gasteiger partial charge in [-0.25, -0.2) is 4.98 Å². The molecule has 1 aromatic carbocycles. The Hall–Kier alpha value is -2.06. The second-order valence-electron chi connectivity index (χ2n) is 3.64. The zero-order valence-electron chi connectivity index (χ0n) is 10.1. The Bertz CT molecular complexity index is 587. The van der Waals surface area contributed by atoms with Crippen LogP contribution in [0.2, 0.25) is 0 Å². The number of methoxy groups -OCH3 is 1. The summed E-state index contributed by atoms with van der Waals surface area (Å²) in [4.78, 5) is 5.21. The SMILES string of the molecule is COc1cc(C#N)cc(OCc2cnc(C)s2)c1. The van der Waals surface area contributed by atoms with Crippen molar-refractivity contribution < 1.29 is 9.47 Å². The van der Waals surface area contributed by atoms with E-state index in [1.54, 1.807) is 42.8 Å². The van der Waals surface area contributed by atoms with Gasteiger partial charge in [-0.2, -0.15) is 5.26 Å². The Morgan fingerprint density at radius 1 is 1.33 bits per heavy atom. The van der Waals surface area contributed by atoms with Gasteiger partial charge < -0.3 is 9.47 Å². The van der Waals surface area contributed by atoms with Gasteiger partial charge in [0.05, 0.1) is 28.6 Å². The maximum Gasteiger partial charge on any atom is 0.124 e. The Labute approximate surface area is 109 Å². The van der Waals surface area contributed by atoms with Crippen molar-refractivity contribution in [1.29, 1.82) is 5.26 Å². The number of aromatic nitrogens is 1. The summed E-state index contributed by atoms with van der Waals surface area (Å²) in [5, 5.41) is 9.91. The average molecular weight is 260 g/mol. The van der Waals surface area contributed by atoms with Gasteiger partial charge in [0.1, 0.15) is 18.1 Å². The Balaban J connectivity index is 2.11. The fraction of sp³-hybridized carbons (Fsp3) is 0.231. The molecule has 1 aromatic heterocycles. The van der Waals surface area contributed by atoms with Crippen LogP contribution >= 0.6 is 11.3 Å². The quantitative estimate of drug-likeness (QED) is 0.848. The van der Waals surface area contributed by atoms with Gasteiger partial charge in [-0.15, -0.1) is 11.3 Å². The predicted molar refractivity (Wildman–Crippen MR) is 68.9 cm³/mol. The number of benzene rings is 1. The average Bonchev–Trinajstić information content (AvgIpc) is 2.81. The summed E-state index contributed by atoms with van der Waals surface area (Å²) >= 11 is 1.59. The first kappa shape index (κ1) is 12.4. The second-order valence-corrected chi connectivity index (χ2v) is 4.96. The van der Waals surface area contributed by atoms with Crippen molar-refractivity contribution in [3.63, 3.8) is 0 Å². The molecule has 2 aromatic rings. The summed E-state index contributed by atoms with van der Waals surface area (Å²) < 4.78 is 10.7. The molecule has 0 fully saturated rings. The summed E-state index contributed by atoms with van der Waals surface area (Å²) in [5.41, 5.74) is 0.518. The topological polar surface area (TPSA) is 55.1 Å². The molecule has 18 heavy (non-hydrogen) atoms. The van der Waals surface area contributed by atoms with Crippen LogP contribution in [0, 0.1) is 18.3 Å². The van der Waals surface area contributed by atoms with Crippen LogP contribution in [0.5, 0.6) is 11.5 Å². The van der Waals surface area contributed by atoms with E-state index < -0.39 is 0 Å². The lowest BCUT2D eigenvalue weighted by Gasteiger charge is -2.07. The van der Waals surface area contributed by atoms with Crippen molar-refractivity contribution in [3.8, 4) is 17.6 Å². The number of hydrogen-bond acceptors (Lipinski definition) is 5. The van der Waals surface area contributed by atoms with E-state index in [0.29, 0.717) is 23.7 Å². The molecule has 1 heterocycles. The van der Waals surface area contributed by atoms with Crippen LogP contribution in [0.1, 0.15) is 15.4 Å². The van der Waals surface area contributed by atoms with Crippen molar-refractivity contribution in [2.45, 2.75) is 13.5 Å². The van der Waals surface area contributed by atoms with Crippen LogP contribution in [-0.4, -0.2) is 12.1 Å². The van der Waals surface area contributed by atoms with Crippen LogP contribution in [0.15, 0.2) is 24.4 Å². The van der Waals surface area contributed by atoms with E-state index >= 15 is 0 Å². The molecule has 0 N–H and O–H groups in total. The first-order chi connectivity index (χ1) is 8.71. The fourth-order valence-electron chi connectivity index (χ4n) is 1.46. The van der Waals surface area contributed by atoms with E-state index in [1.807, 2.05) is 6.92 Å². The Morgan fingerprint density at radius 2 is 2.11 bits per heavy atom. The van der Waals surface area contributed by atoms with E-state index in [1.165, 1.54) is 0 Å². The molecule has 2 rings (SSSR count). The minimum absolute atomic E-state index is 0.448. The summed E-state index contributed by atoms with van der Waals surface area (Å²) in [6.45, 7) is 2.40. The van der Waals surface area contributed by atoms with Crippen molar-refractivity contribution in [2.24, 2.45) is 0 Å². The van der Waals surface area contributed by atoms with Crippen LogP contribution in [-0.2, 0) is 6.61 Å². The molecule has 0 atom stereocenters. The van der Waals surface area contributed by atoms with E-state index in [-0.39, 0.29) is 0 Å². The summed E-state index contributed by atoms with van der Waals surface area (Å²) in [6, 6.07) is 7.19. The minimum Gasteiger partial charge on any atom is -0.497 e. The molecule has 5 heteroatoms. The first-order valence-electron chi connectivity index (χ1n) is 5.34. The third-order valence-corrected chi connectivity index (χ3v) is 3.18. The van der Waals surface area contributed by atoms with E-state index in [2.05, 4.69) is 11.1 Å². The molecule has 4 nitrogen and oxygen atoms in total. The highest BCUT2D eigenvalue weighted by atomic mass is 32.1. The zero-order chi connectivity index (χ0) is 13.0. The van der Waals surface area contributed by atoms with Gasteiger partial charge in [-0.3, -0.25) is 0 Å². The highest BCUT2D eigenvalue weighted by molar-refractivity contribution is 7.11. The van der Waals surface area contributed by atoms with Gasteiger partial charge in [0, 0.05) is 12.3 Å². The van der Waals surface area contributed by atoms with Crippen molar-refractivity contribution in [2.75, 3.05) is 7.11 Å². The number of aryl methyl sites for hydroxylation is 1. The molecule has 0 aliphatic carbocycles. The summed E-state index contributed by atoms with van der Waals surface area (Å²) in [6.07, 6.45) is 1.80. The van der Waals surface area contributed by atoms with Gasteiger partial charge >= 0.3 is 0 Å². The minimum atomic E-state index is 0.448. The Morgan fingerprint density at radius 3 is 2.72 bits per heavy atom. The maximum absolute atomic E-state index is 8.90. The van der Waals surface area contributed by atoms with Gasteiger partial charge in [-0.1, -0.05) is 0 Å². The summed E-state index contributed by atoms with van der Waals surface area (Å²) in [7, 11) is 1.56. The standard InChI is InChI=1S/C13H12N2O2S/c1-9-15-7-13(18-9)8-17-12-4-10(6-14)3-11(5-12)16-2/h3-5,7H,8H2,1-2H3. The lowest BCUT2D eigenvalue weighted by Crippen LogP contribution is -1.94. The van der Waals surface area contributed by atoms with Gasteiger partial charge in [0.25, 0.3) is 0 Å². The number of nitriles is 1. The van der Waals surface area contributed by atoms with Crippen molar-refractivity contribution in [3.05, 3.63) is 39.8 Å². The molecule has 0 unspecified atom stereocenters.